The summed E-state index contributed by atoms with van der Waals surface area (Å²) in [6.45, 7) is 0. The van der Waals surface area contributed by atoms with Crippen LogP contribution in [0.15, 0.2) is 30.3 Å². The molecule has 1 aromatic rings. The van der Waals surface area contributed by atoms with Crippen molar-refractivity contribution >= 4 is 11.6 Å². The molecule has 0 radical (unpaired) electrons. The first-order chi connectivity index (χ1) is 6.88. The first kappa shape index (κ1) is 10.0. The highest BCUT2D eigenvalue weighted by atomic mass is 35.5. The molecule has 1 aliphatic carbocycles. The molecular formula is C13H17Cl. The van der Waals surface area contributed by atoms with Gasteiger partial charge in [-0.05, 0) is 24.3 Å². The van der Waals surface area contributed by atoms with Gasteiger partial charge in [-0.3, -0.25) is 0 Å². The zero-order valence-corrected chi connectivity index (χ0v) is 9.21. The number of benzene rings is 1. The Morgan fingerprint density at radius 3 is 2.29 bits per heavy atom. The van der Waals surface area contributed by atoms with Crippen LogP contribution in [0.2, 0.25) is 0 Å². The second-order valence-electron chi connectivity index (χ2n) is 4.21. The first-order valence-corrected chi connectivity index (χ1v) is 6.00. The molecule has 0 spiro atoms. The summed E-state index contributed by atoms with van der Waals surface area (Å²) in [4.78, 5) is 0. The first-order valence-electron chi connectivity index (χ1n) is 5.57. The van der Waals surface area contributed by atoms with Gasteiger partial charge in [0.25, 0.3) is 0 Å². The fourth-order valence-corrected chi connectivity index (χ4v) is 2.73. The van der Waals surface area contributed by atoms with E-state index in [2.05, 4.69) is 24.3 Å². The summed E-state index contributed by atoms with van der Waals surface area (Å²) in [6, 6.07) is 10.5. The number of rotatable bonds is 2. The Morgan fingerprint density at radius 1 is 1.00 bits per heavy atom. The topological polar surface area (TPSA) is 0 Å². The summed E-state index contributed by atoms with van der Waals surface area (Å²) >= 11 is 6.49. The number of halogens is 1. The molecule has 1 atom stereocenters. The van der Waals surface area contributed by atoms with E-state index in [-0.39, 0.29) is 5.38 Å². The second-order valence-corrected chi connectivity index (χ2v) is 4.68. The Labute approximate surface area is 91.3 Å². The van der Waals surface area contributed by atoms with Crippen molar-refractivity contribution < 1.29 is 0 Å². The third-order valence-corrected chi connectivity index (χ3v) is 3.79. The van der Waals surface area contributed by atoms with Gasteiger partial charge in [0.05, 0.1) is 5.38 Å². The van der Waals surface area contributed by atoms with Gasteiger partial charge in [0.1, 0.15) is 0 Å². The van der Waals surface area contributed by atoms with Crippen LogP contribution in [-0.2, 0) is 0 Å². The highest BCUT2D eigenvalue weighted by Crippen LogP contribution is 2.38. The van der Waals surface area contributed by atoms with Crippen molar-refractivity contribution in [3.8, 4) is 0 Å². The molecule has 0 aromatic heterocycles. The quantitative estimate of drug-likeness (QED) is 0.626. The van der Waals surface area contributed by atoms with Crippen LogP contribution in [0, 0.1) is 5.92 Å². The molecule has 0 nitrogen and oxygen atoms in total. The molecule has 14 heavy (non-hydrogen) atoms. The summed E-state index contributed by atoms with van der Waals surface area (Å²) in [5, 5.41) is 0.233. The van der Waals surface area contributed by atoms with E-state index in [1.807, 2.05) is 6.07 Å². The largest absolute Gasteiger partial charge is 0.118 e. The van der Waals surface area contributed by atoms with Gasteiger partial charge in [-0.25, -0.2) is 0 Å². The van der Waals surface area contributed by atoms with Gasteiger partial charge in [0, 0.05) is 0 Å². The normalized spacial score (nSPS) is 20.6. The highest BCUT2D eigenvalue weighted by Gasteiger charge is 2.22. The zero-order chi connectivity index (χ0) is 9.80. The van der Waals surface area contributed by atoms with Crippen LogP contribution < -0.4 is 0 Å². The molecule has 76 valence electrons. The van der Waals surface area contributed by atoms with Gasteiger partial charge in [-0.2, -0.15) is 0 Å². The van der Waals surface area contributed by atoms with Crippen LogP contribution in [0.5, 0.6) is 0 Å². The molecule has 0 amide bonds. The molecule has 1 aromatic carbocycles. The molecule has 0 N–H and O–H groups in total. The SMILES string of the molecule is Cl[C@@H](c1ccccc1)C1CCCCC1. The van der Waals surface area contributed by atoms with Crippen LogP contribution >= 0.6 is 11.6 Å². The van der Waals surface area contributed by atoms with E-state index in [1.54, 1.807) is 0 Å². The lowest BCUT2D eigenvalue weighted by atomic mass is 9.84. The Balaban J connectivity index is 2.03. The molecule has 0 heterocycles. The van der Waals surface area contributed by atoms with E-state index in [0.717, 1.165) is 0 Å². The molecule has 1 heteroatoms. The monoisotopic (exact) mass is 208 g/mol. The molecule has 0 saturated heterocycles. The lowest BCUT2D eigenvalue weighted by Gasteiger charge is -2.26. The minimum Gasteiger partial charge on any atom is -0.118 e. The second kappa shape index (κ2) is 4.84. The maximum atomic E-state index is 6.49. The maximum absolute atomic E-state index is 6.49. The van der Waals surface area contributed by atoms with E-state index >= 15 is 0 Å². The van der Waals surface area contributed by atoms with Crippen molar-refractivity contribution in [1.82, 2.24) is 0 Å². The standard InChI is InChI=1S/C13H17Cl/c14-13(11-7-3-1-4-8-11)12-9-5-2-6-10-12/h1,3-4,7-8,12-13H,2,5-6,9-10H2/t13-/m0/s1. The Morgan fingerprint density at radius 2 is 1.64 bits per heavy atom. The van der Waals surface area contributed by atoms with Gasteiger partial charge >= 0.3 is 0 Å². The average molecular weight is 209 g/mol. The van der Waals surface area contributed by atoms with Gasteiger partial charge < -0.3 is 0 Å². The summed E-state index contributed by atoms with van der Waals surface area (Å²) < 4.78 is 0. The lowest BCUT2D eigenvalue weighted by Crippen LogP contribution is -2.12. The summed E-state index contributed by atoms with van der Waals surface area (Å²) in [7, 11) is 0. The Hall–Kier alpha value is -0.490. The summed E-state index contributed by atoms with van der Waals surface area (Å²) in [6.07, 6.45) is 6.74. The van der Waals surface area contributed by atoms with Gasteiger partial charge in [0.2, 0.25) is 0 Å². The van der Waals surface area contributed by atoms with Crippen molar-refractivity contribution in [3.05, 3.63) is 35.9 Å². The van der Waals surface area contributed by atoms with Crippen LogP contribution in [-0.4, -0.2) is 0 Å². The fraction of sp³-hybridized carbons (Fsp3) is 0.538. The Bertz CT molecular complexity index is 262. The van der Waals surface area contributed by atoms with Gasteiger partial charge in [-0.1, -0.05) is 49.6 Å². The predicted octanol–water partition coefficient (Wildman–Crippen LogP) is 4.55. The van der Waals surface area contributed by atoms with E-state index in [9.17, 15) is 0 Å². The molecule has 0 aliphatic heterocycles. The van der Waals surface area contributed by atoms with Gasteiger partial charge in [-0.15, -0.1) is 11.6 Å². The number of hydrogen-bond donors (Lipinski definition) is 0. The maximum Gasteiger partial charge on any atom is 0.0613 e. The summed E-state index contributed by atoms with van der Waals surface area (Å²) in [5.74, 6) is 0.702. The van der Waals surface area contributed by atoms with E-state index in [1.165, 1.54) is 37.7 Å². The molecule has 1 fully saturated rings. The van der Waals surface area contributed by atoms with Crippen LogP contribution in [0.4, 0.5) is 0 Å². The minimum atomic E-state index is 0.233. The van der Waals surface area contributed by atoms with Crippen LogP contribution in [0.25, 0.3) is 0 Å². The van der Waals surface area contributed by atoms with E-state index in [0.29, 0.717) is 5.92 Å². The van der Waals surface area contributed by atoms with Crippen molar-refractivity contribution in [2.24, 2.45) is 5.92 Å². The van der Waals surface area contributed by atoms with Crippen molar-refractivity contribution in [2.45, 2.75) is 37.5 Å². The zero-order valence-electron chi connectivity index (χ0n) is 8.45. The van der Waals surface area contributed by atoms with Crippen molar-refractivity contribution in [1.29, 1.82) is 0 Å². The van der Waals surface area contributed by atoms with E-state index < -0.39 is 0 Å². The van der Waals surface area contributed by atoms with E-state index in [4.69, 9.17) is 11.6 Å². The number of alkyl halides is 1. The number of hydrogen-bond acceptors (Lipinski definition) is 0. The van der Waals surface area contributed by atoms with Gasteiger partial charge in [0.15, 0.2) is 0 Å². The third-order valence-electron chi connectivity index (χ3n) is 3.18. The minimum absolute atomic E-state index is 0.233. The average Bonchev–Trinajstić information content (AvgIpc) is 2.30. The van der Waals surface area contributed by atoms with Crippen molar-refractivity contribution in [3.63, 3.8) is 0 Å². The fourth-order valence-electron chi connectivity index (χ4n) is 2.34. The van der Waals surface area contributed by atoms with Crippen molar-refractivity contribution in [2.75, 3.05) is 0 Å². The smallest absolute Gasteiger partial charge is 0.0613 e. The molecule has 0 unspecified atom stereocenters. The van der Waals surface area contributed by atoms with Crippen LogP contribution in [0.3, 0.4) is 0 Å². The molecular weight excluding hydrogens is 192 g/mol. The molecule has 1 aliphatic rings. The lowest BCUT2D eigenvalue weighted by molar-refractivity contribution is 0.348. The Kier molecular flexibility index (Phi) is 3.47. The van der Waals surface area contributed by atoms with Crippen LogP contribution in [0.1, 0.15) is 43.0 Å². The molecule has 2 rings (SSSR count). The molecule has 0 bridgehead atoms. The highest BCUT2D eigenvalue weighted by molar-refractivity contribution is 6.21. The molecule has 1 saturated carbocycles. The predicted molar refractivity (Wildman–Crippen MR) is 61.6 cm³/mol. The third kappa shape index (κ3) is 2.30. The summed E-state index contributed by atoms with van der Waals surface area (Å²) in [5.41, 5.74) is 1.29.